The smallest absolute Gasteiger partial charge is 0.253 e. The molecule has 0 saturated heterocycles. The molecular weight excluding hydrogens is 190 g/mol. The van der Waals surface area contributed by atoms with E-state index in [0.29, 0.717) is 6.54 Å². The molecule has 1 heterocycles. The molecule has 0 radical (unpaired) electrons. The van der Waals surface area contributed by atoms with Gasteiger partial charge in [-0.1, -0.05) is 36.4 Å². The van der Waals surface area contributed by atoms with E-state index in [4.69, 9.17) is 0 Å². The molecule has 1 aromatic heterocycles. The van der Waals surface area contributed by atoms with Gasteiger partial charge in [0.1, 0.15) is 0 Å². The molecule has 0 bridgehead atoms. The predicted octanol–water partition coefficient (Wildman–Crippen LogP) is 1.60. The molecule has 0 atom stereocenters. The van der Waals surface area contributed by atoms with Crippen LogP contribution in [0.15, 0.2) is 53.3 Å². The molecule has 1 aromatic carbocycles. The van der Waals surface area contributed by atoms with Crippen LogP contribution in [0.5, 0.6) is 5.88 Å². The van der Waals surface area contributed by atoms with Crippen molar-refractivity contribution in [1.29, 1.82) is 0 Å². The van der Waals surface area contributed by atoms with Gasteiger partial charge in [-0.15, -0.1) is 0 Å². The Labute approximate surface area is 87.2 Å². The van der Waals surface area contributed by atoms with E-state index >= 15 is 0 Å². The van der Waals surface area contributed by atoms with Gasteiger partial charge in [-0.05, 0) is 11.6 Å². The first-order chi connectivity index (χ1) is 7.27. The zero-order chi connectivity index (χ0) is 10.7. The van der Waals surface area contributed by atoms with Gasteiger partial charge in [0.05, 0.1) is 6.54 Å². The van der Waals surface area contributed by atoms with Crippen LogP contribution >= 0.6 is 0 Å². The van der Waals surface area contributed by atoms with Gasteiger partial charge < -0.3 is 5.11 Å². The number of aromatic hydroxyl groups is 1. The number of pyridine rings is 1. The number of hydrogen-bond donors (Lipinski definition) is 1. The van der Waals surface area contributed by atoms with E-state index in [0.717, 1.165) is 5.56 Å². The van der Waals surface area contributed by atoms with Crippen molar-refractivity contribution in [3.8, 4) is 5.88 Å². The summed E-state index contributed by atoms with van der Waals surface area (Å²) in [6.07, 6.45) is 0. The number of hydrogen-bond acceptors (Lipinski definition) is 2. The first kappa shape index (κ1) is 9.52. The highest BCUT2D eigenvalue weighted by Gasteiger charge is 2.01. The lowest BCUT2D eigenvalue weighted by atomic mass is 10.2. The lowest BCUT2D eigenvalue weighted by Gasteiger charge is -2.07. The zero-order valence-electron chi connectivity index (χ0n) is 8.13. The van der Waals surface area contributed by atoms with Crippen molar-refractivity contribution in [1.82, 2.24) is 4.57 Å². The fourth-order valence-electron chi connectivity index (χ4n) is 1.43. The van der Waals surface area contributed by atoms with Gasteiger partial charge in [-0.2, -0.15) is 0 Å². The van der Waals surface area contributed by atoms with E-state index in [1.54, 1.807) is 6.07 Å². The maximum Gasteiger partial charge on any atom is 0.253 e. The Bertz CT molecular complexity index is 503. The number of rotatable bonds is 2. The third-order valence-electron chi connectivity index (χ3n) is 2.21. The second-order valence-electron chi connectivity index (χ2n) is 3.29. The minimum atomic E-state index is -0.196. The molecule has 0 aliphatic heterocycles. The van der Waals surface area contributed by atoms with Gasteiger partial charge in [-0.3, -0.25) is 9.36 Å². The van der Waals surface area contributed by atoms with Crippen molar-refractivity contribution >= 4 is 0 Å². The number of nitrogens with zero attached hydrogens (tertiary/aromatic N) is 1. The molecule has 0 saturated carbocycles. The average molecular weight is 201 g/mol. The van der Waals surface area contributed by atoms with Crippen LogP contribution in [0.4, 0.5) is 0 Å². The summed E-state index contributed by atoms with van der Waals surface area (Å²) in [6, 6.07) is 14.0. The molecular formula is C12H11NO2. The molecule has 0 spiro atoms. The van der Waals surface area contributed by atoms with Crippen LogP contribution in [0.2, 0.25) is 0 Å². The van der Waals surface area contributed by atoms with Gasteiger partial charge >= 0.3 is 0 Å². The number of aromatic nitrogens is 1. The third kappa shape index (κ3) is 2.07. The largest absolute Gasteiger partial charge is 0.494 e. The van der Waals surface area contributed by atoms with Gasteiger partial charge in [0, 0.05) is 6.07 Å². The molecule has 0 aliphatic rings. The van der Waals surface area contributed by atoms with Crippen LogP contribution in [-0.2, 0) is 6.54 Å². The summed E-state index contributed by atoms with van der Waals surface area (Å²) < 4.78 is 1.33. The standard InChI is InChI=1S/C12H11NO2/c14-11-7-4-8-12(15)13(11)9-10-5-2-1-3-6-10/h1-8,14H,9H2. The Morgan fingerprint density at radius 2 is 1.73 bits per heavy atom. The monoisotopic (exact) mass is 201 g/mol. The second kappa shape index (κ2) is 4.00. The first-order valence-electron chi connectivity index (χ1n) is 4.70. The fraction of sp³-hybridized carbons (Fsp3) is 0.0833. The summed E-state index contributed by atoms with van der Waals surface area (Å²) in [5.74, 6) is -0.00801. The van der Waals surface area contributed by atoms with Crippen LogP contribution in [0.3, 0.4) is 0 Å². The van der Waals surface area contributed by atoms with Crippen LogP contribution in [0.25, 0.3) is 0 Å². The quantitative estimate of drug-likeness (QED) is 0.801. The van der Waals surface area contributed by atoms with Gasteiger partial charge in [0.15, 0.2) is 5.88 Å². The molecule has 0 amide bonds. The van der Waals surface area contributed by atoms with E-state index in [1.807, 2.05) is 30.3 Å². The molecule has 76 valence electrons. The Morgan fingerprint density at radius 1 is 1.00 bits per heavy atom. The average Bonchev–Trinajstić information content (AvgIpc) is 2.25. The lowest BCUT2D eigenvalue weighted by molar-refractivity contribution is 0.415. The van der Waals surface area contributed by atoms with Crippen molar-refractivity contribution in [3.05, 3.63) is 64.4 Å². The van der Waals surface area contributed by atoms with Crippen molar-refractivity contribution in [2.24, 2.45) is 0 Å². The highest BCUT2D eigenvalue weighted by molar-refractivity contribution is 5.18. The molecule has 0 unspecified atom stereocenters. The maximum atomic E-state index is 11.4. The Balaban J connectivity index is 2.37. The van der Waals surface area contributed by atoms with E-state index < -0.39 is 0 Å². The van der Waals surface area contributed by atoms with Gasteiger partial charge in [0.25, 0.3) is 5.56 Å². The summed E-state index contributed by atoms with van der Waals surface area (Å²) in [5.41, 5.74) is 0.792. The summed E-state index contributed by atoms with van der Waals surface area (Å²) >= 11 is 0. The fourth-order valence-corrected chi connectivity index (χ4v) is 1.43. The van der Waals surface area contributed by atoms with E-state index in [2.05, 4.69) is 0 Å². The topological polar surface area (TPSA) is 42.2 Å². The second-order valence-corrected chi connectivity index (χ2v) is 3.29. The summed E-state index contributed by atoms with van der Waals surface area (Å²) in [6.45, 7) is 0.395. The van der Waals surface area contributed by atoms with Crippen LogP contribution < -0.4 is 5.56 Å². The van der Waals surface area contributed by atoms with Crippen molar-refractivity contribution in [2.75, 3.05) is 0 Å². The van der Waals surface area contributed by atoms with E-state index in [-0.39, 0.29) is 11.4 Å². The molecule has 3 heteroatoms. The predicted molar refractivity (Wildman–Crippen MR) is 57.9 cm³/mol. The Kier molecular flexibility index (Phi) is 2.54. The minimum Gasteiger partial charge on any atom is -0.494 e. The molecule has 2 rings (SSSR count). The summed E-state index contributed by atoms with van der Waals surface area (Å²) in [4.78, 5) is 11.4. The van der Waals surface area contributed by atoms with Crippen LogP contribution in [0.1, 0.15) is 5.56 Å². The summed E-state index contributed by atoms with van der Waals surface area (Å²) in [7, 11) is 0. The van der Waals surface area contributed by atoms with Crippen molar-refractivity contribution in [3.63, 3.8) is 0 Å². The maximum absolute atomic E-state index is 11.4. The molecule has 1 N–H and O–H groups in total. The molecule has 3 nitrogen and oxygen atoms in total. The van der Waals surface area contributed by atoms with E-state index in [1.165, 1.54) is 16.7 Å². The van der Waals surface area contributed by atoms with Crippen molar-refractivity contribution in [2.45, 2.75) is 6.54 Å². The highest BCUT2D eigenvalue weighted by Crippen LogP contribution is 2.07. The Hall–Kier alpha value is -2.03. The molecule has 0 aliphatic carbocycles. The molecule has 15 heavy (non-hydrogen) atoms. The molecule has 0 fully saturated rings. The lowest BCUT2D eigenvalue weighted by Crippen LogP contribution is -2.18. The van der Waals surface area contributed by atoms with Crippen LogP contribution in [0, 0.1) is 0 Å². The van der Waals surface area contributed by atoms with Gasteiger partial charge in [0.2, 0.25) is 0 Å². The zero-order valence-corrected chi connectivity index (χ0v) is 8.13. The Morgan fingerprint density at radius 3 is 2.40 bits per heavy atom. The van der Waals surface area contributed by atoms with Crippen molar-refractivity contribution < 1.29 is 5.11 Å². The first-order valence-corrected chi connectivity index (χ1v) is 4.70. The normalized spacial score (nSPS) is 10.1. The third-order valence-corrected chi connectivity index (χ3v) is 2.21. The number of benzene rings is 1. The summed E-state index contributed by atoms with van der Waals surface area (Å²) in [5, 5.41) is 9.52. The molecule has 2 aromatic rings. The van der Waals surface area contributed by atoms with Gasteiger partial charge in [-0.25, -0.2) is 0 Å². The SMILES string of the molecule is O=c1cccc(O)n1Cc1ccccc1. The highest BCUT2D eigenvalue weighted by atomic mass is 16.3. The van der Waals surface area contributed by atoms with Crippen LogP contribution in [-0.4, -0.2) is 9.67 Å². The van der Waals surface area contributed by atoms with E-state index in [9.17, 15) is 9.90 Å². The minimum absolute atomic E-state index is 0.00801.